The van der Waals surface area contributed by atoms with Crippen LogP contribution in [-0.4, -0.2) is 55.8 Å². The number of hydrogen-bond acceptors (Lipinski definition) is 4. The largest absolute Gasteiger partial charge is 0.350 e. The minimum atomic E-state index is -3.53. The summed E-state index contributed by atoms with van der Waals surface area (Å²) < 4.78 is 27.1. The molecule has 2 aromatic carbocycles. The van der Waals surface area contributed by atoms with E-state index < -0.39 is 10.0 Å². The molecule has 2 aromatic rings. The van der Waals surface area contributed by atoms with Crippen LogP contribution in [0.15, 0.2) is 59.5 Å². The molecule has 166 valence electrons. The molecule has 31 heavy (non-hydrogen) atoms. The third-order valence-corrected chi connectivity index (χ3v) is 8.17. The summed E-state index contributed by atoms with van der Waals surface area (Å²) in [5.41, 5.74) is 1.67. The zero-order valence-electron chi connectivity index (χ0n) is 17.9. The minimum absolute atomic E-state index is 0.199. The second-order valence-corrected chi connectivity index (χ2v) is 10.4. The summed E-state index contributed by atoms with van der Waals surface area (Å²) >= 11 is 0. The first-order chi connectivity index (χ1) is 15.0. The molecular weight excluding hydrogens is 410 g/mol. The fraction of sp³-hybridized carbons (Fsp3) is 0.458. The molecule has 0 aromatic heterocycles. The molecule has 2 aliphatic heterocycles. The first-order valence-corrected chi connectivity index (χ1v) is 12.6. The molecule has 0 bridgehead atoms. The molecule has 2 fully saturated rings. The third kappa shape index (κ3) is 5.34. The van der Waals surface area contributed by atoms with Gasteiger partial charge in [0.15, 0.2) is 0 Å². The topological polar surface area (TPSA) is 69.7 Å². The summed E-state index contributed by atoms with van der Waals surface area (Å²) in [4.78, 5) is 15.5. The lowest BCUT2D eigenvalue weighted by Gasteiger charge is -2.36. The number of carbonyl (C=O) groups is 1. The van der Waals surface area contributed by atoms with Crippen molar-refractivity contribution in [3.63, 3.8) is 0 Å². The van der Waals surface area contributed by atoms with Gasteiger partial charge in [-0.3, -0.25) is 9.69 Å². The van der Waals surface area contributed by atoms with E-state index in [-0.39, 0.29) is 16.8 Å². The molecule has 1 amide bonds. The molecule has 0 spiro atoms. The van der Waals surface area contributed by atoms with Gasteiger partial charge in [-0.25, -0.2) is 8.42 Å². The van der Waals surface area contributed by atoms with E-state index in [1.807, 2.05) is 6.07 Å². The summed E-state index contributed by atoms with van der Waals surface area (Å²) in [6.07, 6.45) is 5.17. The van der Waals surface area contributed by atoms with Crippen molar-refractivity contribution in [2.75, 3.05) is 26.2 Å². The number of nitrogens with one attached hydrogen (secondary N) is 1. The van der Waals surface area contributed by atoms with E-state index in [9.17, 15) is 13.2 Å². The van der Waals surface area contributed by atoms with E-state index in [1.165, 1.54) is 22.4 Å². The lowest BCUT2D eigenvalue weighted by Crippen LogP contribution is -2.46. The summed E-state index contributed by atoms with van der Waals surface area (Å²) in [6.45, 7) is 3.58. The number of piperidine rings is 1. The van der Waals surface area contributed by atoms with E-state index in [0.717, 1.165) is 38.8 Å². The molecule has 7 heteroatoms. The Balaban J connectivity index is 1.40. The number of hydrogen-bond donors (Lipinski definition) is 1. The fourth-order valence-electron chi connectivity index (χ4n) is 4.51. The maximum Gasteiger partial charge on any atom is 0.251 e. The second-order valence-electron chi connectivity index (χ2n) is 8.45. The quantitative estimate of drug-likeness (QED) is 0.716. The van der Waals surface area contributed by atoms with Crippen LogP contribution in [-0.2, 0) is 16.6 Å². The Kier molecular flexibility index (Phi) is 7.05. The Morgan fingerprint density at radius 3 is 2.45 bits per heavy atom. The van der Waals surface area contributed by atoms with Crippen molar-refractivity contribution in [1.82, 2.24) is 14.5 Å². The van der Waals surface area contributed by atoms with Crippen molar-refractivity contribution in [3.05, 3.63) is 65.7 Å². The van der Waals surface area contributed by atoms with E-state index in [2.05, 4.69) is 34.5 Å². The number of rotatable bonds is 7. The van der Waals surface area contributed by atoms with Crippen LogP contribution in [0.5, 0.6) is 0 Å². The highest BCUT2D eigenvalue weighted by Gasteiger charge is 2.28. The summed E-state index contributed by atoms with van der Waals surface area (Å²) in [7, 11) is -3.53. The van der Waals surface area contributed by atoms with Crippen LogP contribution in [0.25, 0.3) is 0 Å². The van der Waals surface area contributed by atoms with Crippen molar-refractivity contribution in [3.8, 4) is 0 Å². The van der Waals surface area contributed by atoms with Crippen LogP contribution in [0.2, 0.25) is 0 Å². The average Bonchev–Trinajstić information content (AvgIpc) is 3.35. The molecule has 1 unspecified atom stereocenters. The van der Waals surface area contributed by atoms with E-state index in [1.54, 1.807) is 18.2 Å². The van der Waals surface area contributed by atoms with Crippen molar-refractivity contribution in [1.29, 1.82) is 0 Å². The average molecular weight is 442 g/mol. The predicted molar refractivity (Wildman–Crippen MR) is 121 cm³/mol. The van der Waals surface area contributed by atoms with Gasteiger partial charge in [-0.1, -0.05) is 42.8 Å². The number of carbonyl (C=O) groups excluding carboxylic acids is 1. The SMILES string of the molecule is O=C(NCC1CCCCN1Cc1ccccc1)c1cccc(S(=O)(=O)N2CCCC2)c1. The summed E-state index contributed by atoms with van der Waals surface area (Å²) in [5.74, 6) is -0.219. The van der Waals surface area contributed by atoms with Crippen LogP contribution in [0.1, 0.15) is 48.0 Å². The Morgan fingerprint density at radius 1 is 0.935 bits per heavy atom. The highest BCUT2D eigenvalue weighted by Crippen LogP contribution is 2.22. The zero-order chi connectivity index (χ0) is 21.7. The van der Waals surface area contributed by atoms with Gasteiger partial charge in [-0.05, 0) is 56.0 Å². The van der Waals surface area contributed by atoms with E-state index >= 15 is 0 Å². The smallest absolute Gasteiger partial charge is 0.251 e. The van der Waals surface area contributed by atoms with Crippen molar-refractivity contribution in [2.24, 2.45) is 0 Å². The third-order valence-electron chi connectivity index (χ3n) is 6.27. The highest BCUT2D eigenvalue weighted by molar-refractivity contribution is 7.89. The lowest BCUT2D eigenvalue weighted by molar-refractivity contribution is 0.0907. The molecule has 1 atom stereocenters. The Hall–Kier alpha value is -2.22. The molecule has 2 heterocycles. The highest BCUT2D eigenvalue weighted by atomic mass is 32.2. The van der Waals surface area contributed by atoms with Crippen LogP contribution in [0.3, 0.4) is 0 Å². The zero-order valence-corrected chi connectivity index (χ0v) is 18.7. The van der Waals surface area contributed by atoms with Crippen molar-refractivity contribution >= 4 is 15.9 Å². The van der Waals surface area contributed by atoms with Gasteiger partial charge in [0, 0.05) is 37.8 Å². The molecule has 1 N–H and O–H groups in total. The van der Waals surface area contributed by atoms with Gasteiger partial charge in [-0.2, -0.15) is 4.31 Å². The minimum Gasteiger partial charge on any atom is -0.350 e. The van der Waals surface area contributed by atoms with Gasteiger partial charge in [0.05, 0.1) is 4.90 Å². The number of benzene rings is 2. The Bertz CT molecular complexity index is 988. The van der Waals surface area contributed by atoms with Crippen LogP contribution in [0, 0.1) is 0 Å². The molecule has 2 aliphatic rings. The number of amides is 1. The Labute approximate surface area is 185 Å². The number of sulfonamides is 1. The van der Waals surface area contributed by atoms with Gasteiger partial charge in [-0.15, -0.1) is 0 Å². The number of likely N-dealkylation sites (tertiary alicyclic amines) is 1. The molecular formula is C24H31N3O3S. The van der Waals surface area contributed by atoms with Gasteiger partial charge in [0.1, 0.15) is 0 Å². The standard InChI is InChI=1S/C24H31N3O3S/c28-24(21-11-8-13-23(17-21)31(29,30)27-15-6-7-16-27)25-18-22-12-4-5-14-26(22)19-20-9-2-1-3-10-20/h1-3,8-11,13,17,22H,4-7,12,14-16,18-19H2,(H,25,28). The van der Waals surface area contributed by atoms with E-state index in [4.69, 9.17) is 0 Å². The maximum atomic E-state index is 12.8. The maximum absolute atomic E-state index is 12.8. The lowest BCUT2D eigenvalue weighted by atomic mass is 10.0. The van der Waals surface area contributed by atoms with Gasteiger partial charge in [0.2, 0.25) is 10.0 Å². The molecule has 0 aliphatic carbocycles. The summed E-state index contributed by atoms with van der Waals surface area (Å²) in [5, 5.41) is 3.04. The number of nitrogens with zero attached hydrogens (tertiary/aromatic N) is 2. The van der Waals surface area contributed by atoms with Crippen LogP contribution in [0.4, 0.5) is 0 Å². The van der Waals surface area contributed by atoms with Crippen LogP contribution >= 0.6 is 0 Å². The van der Waals surface area contributed by atoms with Gasteiger partial charge >= 0.3 is 0 Å². The van der Waals surface area contributed by atoms with Crippen LogP contribution < -0.4 is 5.32 Å². The molecule has 6 nitrogen and oxygen atoms in total. The van der Waals surface area contributed by atoms with E-state index in [0.29, 0.717) is 25.2 Å². The van der Waals surface area contributed by atoms with Gasteiger partial charge < -0.3 is 5.32 Å². The normalized spacial score (nSPS) is 20.6. The first kappa shape index (κ1) is 22.0. The molecule has 2 saturated heterocycles. The first-order valence-electron chi connectivity index (χ1n) is 11.2. The molecule has 0 saturated carbocycles. The second kappa shape index (κ2) is 9.94. The monoisotopic (exact) mass is 441 g/mol. The fourth-order valence-corrected chi connectivity index (χ4v) is 6.07. The molecule has 0 radical (unpaired) electrons. The van der Waals surface area contributed by atoms with Crippen molar-refractivity contribution < 1.29 is 13.2 Å². The summed E-state index contributed by atoms with van der Waals surface area (Å²) in [6, 6.07) is 17.1. The van der Waals surface area contributed by atoms with Crippen molar-refractivity contribution in [2.45, 2.75) is 49.6 Å². The molecule has 4 rings (SSSR count). The van der Waals surface area contributed by atoms with Gasteiger partial charge in [0.25, 0.3) is 5.91 Å². The predicted octanol–water partition coefficient (Wildman–Crippen LogP) is 3.26. The Morgan fingerprint density at radius 2 is 1.68 bits per heavy atom.